The monoisotopic (exact) mass is 385 g/mol. The molecule has 1 aromatic carbocycles. The molecule has 1 heterocycles. The van der Waals surface area contributed by atoms with Gasteiger partial charge in [-0.05, 0) is 55.7 Å². The maximum absolute atomic E-state index is 12.8. The van der Waals surface area contributed by atoms with Crippen molar-refractivity contribution in [2.24, 2.45) is 5.92 Å². The summed E-state index contributed by atoms with van der Waals surface area (Å²) in [5, 5.41) is 7.09. The van der Waals surface area contributed by atoms with Crippen LogP contribution in [-0.2, 0) is 4.79 Å². The molecule has 0 radical (unpaired) electrons. The highest BCUT2D eigenvalue weighted by atomic mass is 16.5. The summed E-state index contributed by atoms with van der Waals surface area (Å²) in [7, 11) is 0. The number of aromatic nitrogens is 2. The zero-order valence-corrected chi connectivity index (χ0v) is 17.7. The van der Waals surface area contributed by atoms with Gasteiger partial charge in [-0.2, -0.15) is 4.98 Å². The molecule has 6 nitrogen and oxygen atoms in total. The van der Waals surface area contributed by atoms with E-state index in [2.05, 4.69) is 35.4 Å². The minimum Gasteiger partial charge on any atom is -0.481 e. The number of rotatable bonds is 8. The fourth-order valence-electron chi connectivity index (χ4n) is 3.01. The van der Waals surface area contributed by atoms with Gasteiger partial charge in [0.2, 0.25) is 5.89 Å². The van der Waals surface area contributed by atoms with E-state index in [-0.39, 0.29) is 17.9 Å². The van der Waals surface area contributed by atoms with Crippen molar-refractivity contribution in [3.63, 3.8) is 0 Å². The number of nitrogens with one attached hydrogen (secondary N) is 1. The molecule has 1 aromatic heterocycles. The molecule has 0 spiro atoms. The van der Waals surface area contributed by atoms with Gasteiger partial charge in [0.25, 0.3) is 5.91 Å². The zero-order valence-electron chi connectivity index (χ0n) is 17.7. The quantitative estimate of drug-likeness (QED) is 0.715. The van der Waals surface area contributed by atoms with Crippen LogP contribution in [0.1, 0.15) is 88.2 Å². The van der Waals surface area contributed by atoms with Crippen LogP contribution in [0.25, 0.3) is 0 Å². The fraction of sp³-hybridized carbons (Fsp3) is 0.591. The number of benzene rings is 1. The Morgan fingerprint density at radius 2 is 1.93 bits per heavy atom. The molecule has 6 heteroatoms. The molecule has 1 aliphatic rings. The van der Waals surface area contributed by atoms with Gasteiger partial charge in [-0.15, -0.1) is 0 Å². The third kappa shape index (κ3) is 4.72. The van der Waals surface area contributed by atoms with Crippen LogP contribution in [0.5, 0.6) is 5.75 Å². The van der Waals surface area contributed by atoms with Gasteiger partial charge in [-0.25, -0.2) is 0 Å². The van der Waals surface area contributed by atoms with E-state index in [1.807, 2.05) is 32.9 Å². The number of hydrogen-bond donors (Lipinski definition) is 1. The molecule has 1 fully saturated rings. The molecule has 2 atom stereocenters. The lowest BCUT2D eigenvalue weighted by atomic mass is 10.0. The summed E-state index contributed by atoms with van der Waals surface area (Å²) < 4.78 is 11.4. The largest absolute Gasteiger partial charge is 0.481 e. The van der Waals surface area contributed by atoms with Gasteiger partial charge in [0.05, 0.1) is 0 Å². The van der Waals surface area contributed by atoms with Crippen LogP contribution in [0.3, 0.4) is 0 Å². The number of amides is 1. The first-order valence-corrected chi connectivity index (χ1v) is 10.2. The van der Waals surface area contributed by atoms with Crippen molar-refractivity contribution in [1.29, 1.82) is 0 Å². The van der Waals surface area contributed by atoms with E-state index < -0.39 is 6.10 Å². The van der Waals surface area contributed by atoms with Crippen LogP contribution in [0.2, 0.25) is 0 Å². The van der Waals surface area contributed by atoms with Crippen molar-refractivity contribution in [2.75, 3.05) is 0 Å². The molecule has 0 bridgehead atoms. The zero-order chi connectivity index (χ0) is 20.4. The average molecular weight is 386 g/mol. The first kappa shape index (κ1) is 20.4. The average Bonchev–Trinajstić information content (AvgIpc) is 3.38. The molecule has 152 valence electrons. The maximum atomic E-state index is 12.8. The predicted molar refractivity (Wildman–Crippen MR) is 107 cm³/mol. The fourth-order valence-corrected chi connectivity index (χ4v) is 3.01. The maximum Gasteiger partial charge on any atom is 0.261 e. The molecule has 1 saturated carbocycles. The van der Waals surface area contributed by atoms with E-state index in [0.29, 0.717) is 17.7 Å². The van der Waals surface area contributed by atoms with E-state index >= 15 is 0 Å². The van der Waals surface area contributed by atoms with Crippen molar-refractivity contribution < 1.29 is 14.1 Å². The Labute approximate surface area is 167 Å². The minimum absolute atomic E-state index is 0.120. The Kier molecular flexibility index (Phi) is 6.06. The van der Waals surface area contributed by atoms with Crippen molar-refractivity contribution in [3.8, 4) is 5.75 Å². The Morgan fingerprint density at radius 3 is 2.54 bits per heavy atom. The van der Waals surface area contributed by atoms with Gasteiger partial charge in [-0.3, -0.25) is 4.79 Å². The summed E-state index contributed by atoms with van der Waals surface area (Å²) in [6, 6.07) is 5.81. The van der Waals surface area contributed by atoms with Gasteiger partial charge in [0.1, 0.15) is 11.8 Å². The number of nitrogens with zero attached hydrogens (tertiary/aromatic N) is 2. The first-order valence-electron chi connectivity index (χ1n) is 10.2. The van der Waals surface area contributed by atoms with Gasteiger partial charge < -0.3 is 14.6 Å². The summed E-state index contributed by atoms with van der Waals surface area (Å²) in [4.78, 5) is 17.3. The van der Waals surface area contributed by atoms with Crippen LogP contribution in [-0.4, -0.2) is 22.2 Å². The minimum atomic E-state index is -0.631. The molecule has 1 N–H and O–H groups in total. The summed E-state index contributed by atoms with van der Waals surface area (Å²) in [5.41, 5.74) is 2.20. The van der Waals surface area contributed by atoms with Crippen LogP contribution >= 0.6 is 0 Å². The summed E-state index contributed by atoms with van der Waals surface area (Å²) >= 11 is 0. The van der Waals surface area contributed by atoms with Crippen molar-refractivity contribution in [1.82, 2.24) is 15.5 Å². The van der Waals surface area contributed by atoms with E-state index in [0.717, 1.165) is 30.0 Å². The second-order valence-corrected chi connectivity index (χ2v) is 8.44. The van der Waals surface area contributed by atoms with E-state index in [4.69, 9.17) is 9.26 Å². The van der Waals surface area contributed by atoms with E-state index in [9.17, 15) is 4.79 Å². The molecular weight excluding hydrogens is 354 g/mol. The number of aryl methyl sites for hydroxylation is 1. The molecule has 1 amide bonds. The van der Waals surface area contributed by atoms with Gasteiger partial charge in [0.15, 0.2) is 11.9 Å². The van der Waals surface area contributed by atoms with Gasteiger partial charge in [0, 0.05) is 5.92 Å². The van der Waals surface area contributed by atoms with Crippen molar-refractivity contribution in [2.45, 2.75) is 78.4 Å². The third-order valence-electron chi connectivity index (χ3n) is 5.18. The molecule has 1 aliphatic carbocycles. The number of carbonyl (C=O) groups is 1. The van der Waals surface area contributed by atoms with Crippen LogP contribution in [0, 0.1) is 12.8 Å². The SMILES string of the molecule is Cc1ccc(C(C)C)cc1OC(C)C(=O)NC(c1nc(C2CC2)no1)C(C)C. The molecule has 2 unspecified atom stereocenters. The highest BCUT2D eigenvalue weighted by Crippen LogP contribution is 2.38. The standard InChI is InChI=1S/C22H31N3O3/c1-12(2)17-8-7-14(5)18(11-17)27-15(6)21(26)23-19(13(3)4)22-24-20(25-28-22)16-9-10-16/h7-8,11-13,15-16,19H,9-10H2,1-6H3,(H,23,26). The van der Waals surface area contributed by atoms with Crippen molar-refractivity contribution in [3.05, 3.63) is 41.0 Å². The summed E-state index contributed by atoms with van der Waals surface area (Å²) in [6.45, 7) is 12.1. The Balaban J connectivity index is 1.68. The Hall–Kier alpha value is -2.37. The summed E-state index contributed by atoms with van der Waals surface area (Å²) in [6.07, 6.45) is 1.59. The second kappa shape index (κ2) is 8.33. The van der Waals surface area contributed by atoms with E-state index in [1.54, 1.807) is 6.92 Å². The highest BCUT2D eigenvalue weighted by molar-refractivity contribution is 5.81. The normalized spacial score (nSPS) is 16.3. The first-order chi connectivity index (χ1) is 13.3. The smallest absolute Gasteiger partial charge is 0.261 e. The lowest BCUT2D eigenvalue weighted by Crippen LogP contribution is -2.40. The second-order valence-electron chi connectivity index (χ2n) is 8.44. The Bertz CT molecular complexity index is 824. The van der Waals surface area contributed by atoms with Gasteiger partial charge in [-0.1, -0.05) is 45.0 Å². The highest BCUT2D eigenvalue weighted by Gasteiger charge is 2.32. The number of carbonyl (C=O) groups excluding carboxylic acids is 1. The third-order valence-corrected chi connectivity index (χ3v) is 5.18. The summed E-state index contributed by atoms with van der Waals surface area (Å²) in [5.74, 6) is 2.70. The Morgan fingerprint density at radius 1 is 1.21 bits per heavy atom. The van der Waals surface area contributed by atoms with Crippen LogP contribution < -0.4 is 10.1 Å². The number of ether oxygens (including phenoxy) is 1. The molecule has 2 aromatic rings. The lowest BCUT2D eigenvalue weighted by molar-refractivity contribution is -0.128. The topological polar surface area (TPSA) is 77.2 Å². The molecule has 0 aliphatic heterocycles. The molecule has 28 heavy (non-hydrogen) atoms. The molecule has 0 saturated heterocycles. The molecular formula is C22H31N3O3. The lowest BCUT2D eigenvalue weighted by Gasteiger charge is -2.22. The molecule has 3 rings (SSSR count). The van der Waals surface area contributed by atoms with Crippen LogP contribution in [0.15, 0.2) is 22.7 Å². The van der Waals surface area contributed by atoms with Gasteiger partial charge >= 0.3 is 0 Å². The predicted octanol–water partition coefficient (Wildman–Crippen LogP) is 4.66. The number of hydrogen-bond acceptors (Lipinski definition) is 5. The van der Waals surface area contributed by atoms with Crippen molar-refractivity contribution >= 4 is 5.91 Å². The van der Waals surface area contributed by atoms with E-state index in [1.165, 1.54) is 5.56 Å². The van der Waals surface area contributed by atoms with Crippen LogP contribution in [0.4, 0.5) is 0 Å².